The Bertz CT molecular complexity index is 620. The van der Waals surface area contributed by atoms with Gasteiger partial charge in [-0.3, -0.25) is 4.90 Å². The third kappa shape index (κ3) is 4.59. The molecule has 1 aromatic carbocycles. The van der Waals surface area contributed by atoms with E-state index in [9.17, 15) is 0 Å². The maximum absolute atomic E-state index is 5.67. The summed E-state index contributed by atoms with van der Waals surface area (Å²) in [6.45, 7) is 5.64. The molecule has 24 heavy (non-hydrogen) atoms. The van der Waals surface area contributed by atoms with E-state index < -0.39 is 0 Å². The molecule has 1 aliphatic rings. The number of piperazine rings is 1. The van der Waals surface area contributed by atoms with Crippen LogP contribution in [0.15, 0.2) is 28.8 Å². The molecular formula is C16H23ClN4O3. The summed E-state index contributed by atoms with van der Waals surface area (Å²) >= 11 is 0. The molecule has 1 aromatic heterocycles. The highest BCUT2D eigenvalue weighted by atomic mass is 35.5. The molecule has 1 N–H and O–H groups in total. The average molecular weight is 355 g/mol. The van der Waals surface area contributed by atoms with Crippen molar-refractivity contribution in [1.82, 2.24) is 20.4 Å². The summed E-state index contributed by atoms with van der Waals surface area (Å²) in [5.41, 5.74) is 0. The summed E-state index contributed by atoms with van der Waals surface area (Å²) in [6, 6.07) is 7.62. The number of aromatic nitrogens is 2. The molecule has 3 rings (SSSR count). The Morgan fingerprint density at radius 1 is 1.25 bits per heavy atom. The van der Waals surface area contributed by atoms with Crippen molar-refractivity contribution in [2.24, 2.45) is 0 Å². The fraction of sp³-hybridized carbons (Fsp3) is 0.500. The first-order valence-electron chi connectivity index (χ1n) is 7.85. The largest absolute Gasteiger partial charge is 0.494 e. The Morgan fingerprint density at radius 3 is 2.62 bits per heavy atom. The summed E-state index contributed by atoms with van der Waals surface area (Å²) in [6.07, 6.45) is 0. The molecule has 0 spiro atoms. The van der Waals surface area contributed by atoms with Gasteiger partial charge in [0.05, 0.1) is 12.6 Å². The molecule has 1 saturated heterocycles. The highest BCUT2D eigenvalue weighted by molar-refractivity contribution is 5.85. The SMILES string of the molecule is CCOc1ccc(OCc2nc(C3CNCCN3C)no2)cc1.Cl. The highest BCUT2D eigenvalue weighted by Crippen LogP contribution is 2.20. The zero-order chi connectivity index (χ0) is 16.1. The molecule has 1 aliphatic heterocycles. The second kappa shape index (κ2) is 8.86. The minimum Gasteiger partial charge on any atom is -0.494 e. The first-order valence-corrected chi connectivity index (χ1v) is 7.85. The van der Waals surface area contributed by atoms with Gasteiger partial charge >= 0.3 is 0 Å². The number of hydrogen-bond donors (Lipinski definition) is 1. The summed E-state index contributed by atoms with van der Waals surface area (Å²) in [7, 11) is 2.07. The minimum absolute atomic E-state index is 0. The van der Waals surface area contributed by atoms with E-state index >= 15 is 0 Å². The van der Waals surface area contributed by atoms with Gasteiger partial charge in [-0.2, -0.15) is 4.98 Å². The molecule has 1 unspecified atom stereocenters. The van der Waals surface area contributed by atoms with Crippen LogP contribution in [-0.2, 0) is 6.61 Å². The molecule has 0 saturated carbocycles. The predicted molar refractivity (Wildman–Crippen MR) is 91.7 cm³/mol. The smallest absolute Gasteiger partial charge is 0.264 e. The lowest BCUT2D eigenvalue weighted by molar-refractivity contribution is 0.189. The normalized spacial score (nSPS) is 18.0. The lowest BCUT2D eigenvalue weighted by atomic mass is 10.2. The molecule has 2 aromatic rings. The summed E-state index contributed by atoms with van der Waals surface area (Å²) in [4.78, 5) is 6.66. The van der Waals surface area contributed by atoms with Crippen LogP contribution in [0.3, 0.4) is 0 Å². The lowest BCUT2D eigenvalue weighted by Gasteiger charge is -2.30. The van der Waals surface area contributed by atoms with Crippen molar-refractivity contribution < 1.29 is 14.0 Å². The summed E-state index contributed by atoms with van der Waals surface area (Å²) in [5.74, 6) is 2.75. The van der Waals surface area contributed by atoms with Gasteiger partial charge in [0.15, 0.2) is 12.4 Å². The quantitative estimate of drug-likeness (QED) is 0.851. The van der Waals surface area contributed by atoms with Gasteiger partial charge in [0, 0.05) is 19.6 Å². The Hall–Kier alpha value is -1.83. The van der Waals surface area contributed by atoms with Crippen LogP contribution in [0.25, 0.3) is 0 Å². The van der Waals surface area contributed by atoms with Crippen LogP contribution in [-0.4, -0.2) is 48.3 Å². The van der Waals surface area contributed by atoms with Crippen molar-refractivity contribution in [3.8, 4) is 11.5 Å². The van der Waals surface area contributed by atoms with Crippen LogP contribution in [0.2, 0.25) is 0 Å². The van der Waals surface area contributed by atoms with Gasteiger partial charge in [-0.15, -0.1) is 12.4 Å². The number of nitrogens with one attached hydrogen (secondary N) is 1. The number of hydrogen-bond acceptors (Lipinski definition) is 7. The zero-order valence-electron chi connectivity index (χ0n) is 13.9. The van der Waals surface area contributed by atoms with Crippen molar-refractivity contribution in [3.63, 3.8) is 0 Å². The minimum atomic E-state index is 0. The van der Waals surface area contributed by atoms with Crippen LogP contribution >= 0.6 is 12.4 Å². The van der Waals surface area contributed by atoms with Crippen LogP contribution in [0.5, 0.6) is 11.5 Å². The molecular weight excluding hydrogens is 332 g/mol. The highest BCUT2D eigenvalue weighted by Gasteiger charge is 2.25. The molecule has 1 fully saturated rings. The fourth-order valence-electron chi connectivity index (χ4n) is 2.50. The third-order valence-corrected chi connectivity index (χ3v) is 3.79. The van der Waals surface area contributed by atoms with E-state index in [1.807, 2.05) is 31.2 Å². The molecule has 0 amide bonds. The predicted octanol–water partition coefficient (Wildman–Crippen LogP) is 2.05. The number of nitrogens with zero attached hydrogens (tertiary/aromatic N) is 3. The Balaban J connectivity index is 0.00000208. The number of benzene rings is 1. The number of ether oxygens (including phenoxy) is 2. The number of likely N-dealkylation sites (N-methyl/N-ethyl adjacent to an activating group) is 1. The van der Waals surface area contributed by atoms with Crippen LogP contribution in [0.4, 0.5) is 0 Å². The maximum Gasteiger partial charge on any atom is 0.264 e. The lowest BCUT2D eigenvalue weighted by Crippen LogP contribution is -2.44. The molecule has 0 radical (unpaired) electrons. The Morgan fingerprint density at radius 2 is 1.96 bits per heavy atom. The molecule has 1 atom stereocenters. The van der Waals surface area contributed by atoms with Gasteiger partial charge < -0.3 is 19.3 Å². The van der Waals surface area contributed by atoms with Crippen LogP contribution < -0.4 is 14.8 Å². The van der Waals surface area contributed by atoms with E-state index in [2.05, 4.69) is 27.4 Å². The van der Waals surface area contributed by atoms with Crippen LogP contribution in [0.1, 0.15) is 24.7 Å². The van der Waals surface area contributed by atoms with Gasteiger partial charge in [-0.05, 0) is 38.2 Å². The molecule has 2 heterocycles. The van der Waals surface area contributed by atoms with E-state index in [1.54, 1.807) is 0 Å². The molecule has 0 bridgehead atoms. The average Bonchev–Trinajstić information content (AvgIpc) is 3.04. The van der Waals surface area contributed by atoms with Gasteiger partial charge in [-0.25, -0.2) is 0 Å². The van der Waals surface area contributed by atoms with Gasteiger partial charge in [0.2, 0.25) is 0 Å². The van der Waals surface area contributed by atoms with E-state index in [1.165, 1.54) is 0 Å². The first kappa shape index (κ1) is 18.5. The molecule has 8 heteroatoms. The monoisotopic (exact) mass is 354 g/mol. The van der Waals surface area contributed by atoms with Crippen LogP contribution in [0, 0.1) is 0 Å². The van der Waals surface area contributed by atoms with E-state index in [-0.39, 0.29) is 25.1 Å². The number of rotatable bonds is 6. The molecule has 132 valence electrons. The second-order valence-corrected chi connectivity index (χ2v) is 5.44. The second-order valence-electron chi connectivity index (χ2n) is 5.44. The van der Waals surface area contributed by atoms with E-state index in [4.69, 9.17) is 14.0 Å². The van der Waals surface area contributed by atoms with Crippen molar-refractivity contribution in [1.29, 1.82) is 0 Å². The van der Waals surface area contributed by atoms with Crippen molar-refractivity contribution in [2.75, 3.05) is 33.3 Å². The van der Waals surface area contributed by atoms with Crippen molar-refractivity contribution in [2.45, 2.75) is 19.6 Å². The standard InChI is InChI=1S/C16H22N4O3.ClH/c1-3-21-12-4-6-13(7-5-12)22-11-15-18-16(19-23-15)14-10-17-8-9-20(14)2;/h4-7,14,17H,3,8-11H2,1-2H3;1H. The number of halogens is 1. The van der Waals surface area contributed by atoms with E-state index in [0.717, 1.165) is 31.1 Å². The first-order chi connectivity index (χ1) is 11.3. The Kier molecular flexibility index (Phi) is 6.84. The van der Waals surface area contributed by atoms with E-state index in [0.29, 0.717) is 18.3 Å². The zero-order valence-corrected chi connectivity index (χ0v) is 14.7. The molecule has 7 nitrogen and oxygen atoms in total. The fourth-order valence-corrected chi connectivity index (χ4v) is 2.50. The Labute approximate surface area is 147 Å². The van der Waals surface area contributed by atoms with Gasteiger partial charge in [0.25, 0.3) is 5.89 Å². The summed E-state index contributed by atoms with van der Waals surface area (Å²) in [5, 5.41) is 7.41. The van der Waals surface area contributed by atoms with Crippen molar-refractivity contribution >= 4 is 12.4 Å². The maximum atomic E-state index is 5.67. The van der Waals surface area contributed by atoms with Crippen molar-refractivity contribution in [3.05, 3.63) is 36.0 Å². The topological polar surface area (TPSA) is 72.7 Å². The van der Waals surface area contributed by atoms with Gasteiger partial charge in [0.1, 0.15) is 11.5 Å². The van der Waals surface area contributed by atoms with Gasteiger partial charge in [-0.1, -0.05) is 5.16 Å². The summed E-state index contributed by atoms with van der Waals surface area (Å²) < 4.78 is 16.4. The molecule has 0 aliphatic carbocycles. The third-order valence-electron chi connectivity index (χ3n) is 3.79.